The third-order valence-corrected chi connectivity index (χ3v) is 4.72. The SMILES string of the molecule is O=C(c1ccc2ncsc2c1)N1CC(Oc2ccc(Cl)cn2)C1. The lowest BCUT2D eigenvalue weighted by molar-refractivity contribution is 0.0160. The molecule has 3 aromatic rings. The fourth-order valence-corrected chi connectivity index (χ4v) is 3.28. The maximum absolute atomic E-state index is 12.5. The molecule has 0 atom stereocenters. The molecule has 0 unspecified atom stereocenters. The number of carbonyl (C=O) groups excluding carboxylic acids is 1. The molecule has 1 aliphatic heterocycles. The van der Waals surface area contributed by atoms with Crippen LogP contribution in [0.4, 0.5) is 0 Å². The predicted octanol–water partition coefficient (Wildman–Crippen LogP) is 3.25. The third-order valence-electron chi connectivity index (χ3n) is 3.70. The van der Waals surface area contributed by atoms with Crippen LogP contribution in [0.1, 0.15) is 10.4 Å². The minimum atomic E-state index is -0.0280. The Morgan fingerprint density at radius 2 is 2.13 bits per heavy atom. The summed E-state index contributed by atoms with van der Waals surface area (Å²) in [5.74, 6) is 0.543. The largest absolute Gasteiger partial charge is 0.471 e. The van der Waals surface area contributed by atoms with Crippen molar-refractivity contribution < 1.29 is 9.53 Å². The highest BCUT2D eigenvalue weighted by atomic mass is 35.5. The van der Waals surface area contributed by atoms with Gasteiger partial charge in [0.05, 0.1) is 33.8 Å². The monoisotopic (exact) mass is 345 g/mol. The molecule has 0 bridgehead atoms. The second kappa shape index (κ2) is 5.79. The number of nitrogens with zero attached hydrogens (tertiary/aromatic N) is 3. The van der Waals surface area contributed by atoms with Crippen molar-refractivity contribution in [2.75, 3.05) is 13.1 Å². The topological polar surface area (TPSA) is 55.3 Å². The molecule has 1 saturated heterocycles. The number of amides is 1. The molecule has 0 N–H and O–H groups in total. The number of pyridine rings is 1. The van der Waals surface area contributed by atoms with Gasteiger partial charge in [-0.15, -0.1) is 11.3 Å². The number of fused-ring (bicyclic) bond motifs is 1. The molecular formula is C16H12ClN3O2S. The average Bonchev–Trinajstić information content (AvgIpc) is 2.99. The van der Waals surface area contributed by atoms with Crippen LogP contribution in [0.25, 0.3) is 10.2 Å². The van der Waals surface area contributed by atoms with Crippen LogP contribution in [-0.2, 0) is 0 Å². The van der Waals surface area contributed by atoms with E-state index in [4.69, 9.17) is 16.3 Å². The minimum Gasteiger partial charge on any atom is -0.471 e. The summed E-state index contributed by atoms with van der Waals surface area (Å²) in [7, 11) is 0. The van der Waals surface area contributed by atoms with Gasteiger partial charge in [-0.1, -0.05) is 11.6 Å². The predicted molar refractivity (Wildman–Crippen MR) is 89.2 cm³/mol. The quantitative estimate of drug-likeness (QED) is 0.731. The van der Waals surface area contributed by atoms with Crippen molar-refractivity contribution in [3.63, 3.8) is 0 Å². The second-order valence-electron chi connectivity index (χ2n) is 5.30. The van der Waals surface area contributed by atoms with E-state index >= 15 is 0 Å². The summed E-state index contributed by atoms with van der Waals surface area (Å²) >= 11 is 7.32. The molecule has 0 saturated carbocycles. The van der Waals surface area contributed by atoms with Gasteiger partial charge in [-0.25, -0.2) is 9.97 Å². The Morgan fingerprint density at radius 3 is 2.91 bits per heavy atom. The first-order valence-electron chi connectivity index (χ1n) is 7.10. The summed E-state index contributed by atoms with van der Waals surface area (Å²) in [6.07, 6.45) is 1.52. The van der Waals surface area contributed by atoms with E-state index in [1.807, 2.05) is 18.2 Å². The molecule has 3 heterocycles. The Labute approximate surface area is 141 Å². The lowest BCUT2D eigenvalue weighted by atomic mass is 10.1. The first kappa shape index (κ1) is 14.4. The van der Waals surface area contributed by atoms with Gasteiger partial charge in [-0.2, -0.15) is 0 Å². The lowest BCUT2D eigenvalue weighted by Crippen LogP contribution is -2.56. The van der Waals surface area contributed by atoms with Crippen molar-refractivity contribution in [2.45, 2.75) is 6.10 Å². The van der Waals surface area contributed by atoms with Crippen molar-refractivity contribution >= 4 is 39.1 Å². The van der Waals surface area contributed by atoms with Crippen LogP contribution >= 0.6 is 22.9 Å². The second-order valence-corrected chi connectivity index (χ2v) is 6.62. The van der Waals surface area contributed by atoms with Crippen molar-refractivity contribution in [1.29, 1.82) is 0 Å². The molecule has 7 heteroatoms. The van der Waals surface area contributed by atoms with Crippen molar-refractivity contribution in [3.8, 4) is 5.88 Å². The smallest absolute Gasteiger partial charge is 0.254 e. The molecule has 23 heavy (non-hydrogen) atoms. The first-order chi connectivity index (χ1) is 11.2. The van der Waals surface area contributed by atoms with Crippen LogP contribution in [0, 0.1) is 0 Å². The summed E-state index contributed by atoms with van der Waals surface area (Å²) in [5.41, 5.74) is 3.39. The van der Waals surface area contributed by atoms with E-state index in [0.29, 0.717) is 29.6 Å². The van der Waals surface area contributed by atoms with Gasteiger partial charge in [0.15, 0.2) is 0 Å². The molecule has 1 fully saturated rings. The number of aromatic nitrogens is 2. The van der Waals surface area contributed by atoms with E-state index in [1.54, 1.807) is 28.7 Å². The van der Waals surface area contributed by atoms with Gasteiger partial charge >= 0.3 is 0 Å². The van der Waals surface area contributed by atoms with Crippen molar-refractivity contribution in [3.05, 3.63) is 52.6 Å². The van der Waals surface area contributed by atoms with Gasteiger partial charge in [0.1, 0.15) is 6.10 Å². The fourth-order valence-electron chi connectivity index (χ4n) is 2.45. The van der Waals surface area contributed by atoms with E-state index < -0.39 is 0 Å². The Bertz CT molecular complexity index is 859. The summed E-state index contributed by atoms with van der Waals surface area (Å²) in [4.78, 5) is 22.5. The minimum absolute atomic E-state index is 0.0178. The zero-order chi connectivity index (χ0) is 15.8. The number of hydrogen-bond acceptors (Lipinski definition) is 5. The van der Waals surface area contributed by atoms with E-state index in [9.17, 15) is 4.79 Å². The Balaban J connectivity index is 1.39. The molecule has 1 aliphatic rings. The molecule has 4 rings (SSSR count). The lowest BCUT2D eigenvalue weighted by Gasteiger charge is -2.38. The van der Waals surface area contributed by atoms with Gasteiger partial charge in [-0.05, 0) is 24.3 Å². The molecule has 1 aromatic carbocycles. The number of ether oxygens (including phenoxy) is 1. The third kappa shape index (κ3) is 2.87. The zero-order valence-corrected chi connectivity index (χ0v) is 13.5. The number of hydrogen-bond donors (Lipinski definition) is 0. The highest BCUT2D eigenvalue weighted by Gasteiger charge is 2.33. The highest BCUT2D eigenvalue weighted by molar-refractivity contribution is 7.16. The number of likely N-dealkylation sites (tertiary alicyclic amines) is 1. The summed E-state index contributed by atoms with van der Waals surface area (Å²) < 4.78 is 6.73. The van der Waals surface area contributed by atoms with Crippen LogP contribution in [-0.4, -0.2) is 40.0 Å². The summed E-state index contributed by atoms with van der Waals surface area (Å²) in [6, 6.07) is 9.05. The van der Waals surface area contributed by atoms with Gasteiger partial charge in [0.2, 0.25) is 5.88 Å². The molecule has 0 radical (unpaired) electrons. The Morgan fingerprint density at radius 1 is 1.26 bits per heavy atom. The van der Waals surface area contributed by atoms with Crippen LogP contribution in [0.5, 0.6) is 5.88 Å². The molecule has 2 aromatic heterocycles. The van der Waals surface area contributed by atoms with Crippen LogP contribution in [0.2, 0.25) is 5.02 Å². The Hall–Kier alpha value is -2.18. The number of rotatable bonds is 3. The van der Waals surface area contributed by atoms with Gasteiger partial charge in [0, 0.05) is 17.8 Å². The van der Waals surface area contributed by atoms with E-state index in [-0.39, 0.29) is 12.0 Å². The fraction of sp³-hybridized carbons (Fsp3) is 0.188. The maximum atomic E-state index is 12.5. The highest BCUT2D eigenvalue weighted by Crippen LogP contribution is 2.23. The van der Waals surface area contributed by atoms with E-state index in [0.717, 1.165) is 10.2 Å². The van der Waals surface area contributed by atoms with Gasteiger partial charge in [-0.3, -0.25) is 4.79 Å². The summed E-state index contributed by atoms with van der Waals surface area (Å²) in [5, 5.41) is 0.571. The standard InChI is InChI=1S/C16H12ClN3O2S/c17-11-2-4-15(18-6-11)22-12-7-20(8-12)16(21)10-1-3-13-14(5-10)23-9-19-13/h1-6,9,12H,7-8H2. The maximum Gasteiger partial charge on any atom is 0.254 e. The molecule has 1 amide bonds. The summed E-state index contributed by atoms with van der Waals surface area (Å²) in [6.45, 7) is 1.12. The first-order valence-corrected chi connectivity index (χ1v) is 8.35. The number of carbonyl (C=O) groups is 1. The van der Waals surface area contributed by atoms with Gasteiger partial charge in [0.25, 0.3) is 5.91 Å². The van der Waals surface area contributed by atoms with Crippen LogP contribution in [0.15, 0.2) is 42.0 Å². The average molecular weight is 346 g/mol. The molecule has 0 spiro atoms. The van der Waals surface area contributed by atoms with Gasteiger partial charge < -0.3 is 9.64 Å². The number of halogens is 1. The zero-order valence-electron chi connectivity index (χ0n) is 12.0. The normalized spacial score (nSPS) is 14.7. The molecule has 116 valence electrons. The Kier molecular flexibility index (Phi) is 3.63. The van der Waals surface area contributed by atoms with Crippen LogP contribution < -0.4 is 4.74 Å². The van der Waals surface area contributed by atoms with Crippen LogP contribution in [0.3, 0.4) is 0 Å². The van der Waals surface area contributed by atoms with E-state index in [2.05, 4.69) is 9.97 Å². The number of thiazole rings is 1. The van der Waals surface area contributed by atoms with Crippen molar-refractivity contribution in [2.24, 2.45) is 0 Å². The van der Waals surface area contributed by atoms with Crippen molar-refractivity contribution in [1.82, 2.24) is 14.9 Å². The molecule has 0 aliphatic carbocycles. The molecule has 5 nitrogen and oxygen atoms in total. The van der Waals surface area contributed by atoms with E-state index in [1.165, 1.54) is 11.3 Å². The number of benzene rings is 1. The molecular weight excluding hydrogens is 334 g/mol.